The number of rotatable bonds is 0. The van der Waals surface area contributed by atoms with Gasteiger partial charge in [-0.1, -0.05) is 18.2 Å². The number of nitrogens with one attached hydrogen (secondary N) is 1. The van der Waals surface area contributed by atoms with Gasteiger partial charge in [-0.25, -0.2) is 0 Å². The smallest absolute Gasteiger partial charge is 0.224 e. The number of carbonyl (C=O) groups is 1. The largest absolute Gasteiger partial charge is 0.326 e. The monoisotopic (exact) mass is 176 g/mol. The van der Waals surface area contributed by atoms with E-state index in [0.29, 0.717) is 6.42 Å². The Morgan fingerprint density at radius 1 is 1.38 bits per heavy atom. The van der Waals surface area contributed by atoms with E-state index in [0.717, 1.165) is 17.7 Å². The second kappa shape index (κ2) is 3.18. The number of para-hydroxylation sites is 1. The summed E-state index contributed by atoms with van der Waals surface area (Å²) in [5.41, 5.74) is 7.81. The van der Waals surface area contributed by atoms with Crippen LogP contribution in [0, 0.1) is 0 Å². The molecule has 0 spiro atoms. The fraction of sp³-hybridized carbons (Fsp3) is 0.300. The third-order valence-electron chi connectivity index (χ3n) is 2.32. The van der Waals surface area contributed by atoms with Crippen LogP contribution in [0.15, 0.2) is 24.3 Å². The molecule has 3 nitrogen and oxygen atoms in total. The molecule has 0 radical (unpaired) electrons. The molecule has 13 heavy (non-hydrogen) atoms. The van der Waals surface area contributed by atoms with E-state index >= 15 is 0 Å². The molecule has 0 fully saturated rings. The third-order valence-corrected chi connectivity index (χ3v) is 2.32. The van der Waals surface area contributed by atoms with Crippen LogP contribution in [-0.4, -0.2) is 5.91 Å². The molecule has 68 valence electrons. The summed E-state index contributed by atoms with van der Waals surface area (Å²) < 4.78 is 0. The summed E-state index contributed by atoms with van der Waals surface area (Å²) in [5, 5.41) is 2.83. The number of hydrogen-bond acceptors (Lipinski definition) is 2. The Morgan fingerprint density at radius 2 is 2.15 bits per heavy atom. The molecule has 3 N–H and O–H groups in total. The first-order chi connectivity index (χ1) is 6.27. The highest BCUT2D eigenvalue weighted by Gasteiger charge is 2.17. The van der Waals surface area contributed by atoms with Gasteiger partial charge < -0.3 is 11.1 Å². The van der Waals surface area contributed by atoms with E-state index < -0.39 is 0 Å². The van der Waals surface area contributed by atoms with E-state index in [-0.39, 0.29) is 11.9 Å². The van der Waals surface area contributed by atoms with Crippen molar-refractivity contribution in [2.75, 3.05) is 5.32 Å². The second-order valence-electron chi connectivity index (χ2n) is 3.28. The lowest BCUT2D eigenvalue weighted by molar-refractivity contribution is -0.116. The van der Waals surface area contributed by atoms with E-state index in [9.17, 15) is 4.79 Å². The quantitative estimate of drug-likeness (QED) is 0.628. The van der Waals surface area contributed by atoms with Crippen molar-refractivity contribution in [1.29, 1.82) is 0 Å². The van der Waals surface area contributed by atoms with Crippen LogP contribution < -0.4 is 11.1 Å². The van der Waals surface area contributed by atoms with Gasteiger partial charge in [0.15, 0.2) is 0 Å². The lowest BCUT2D eigenvalue weighted by Gasteiger charge is -2.10. The van der Waals surface area contributed by atoms with Crippen molar-refractivity contribution in [2.45, 2.75) is 18.9 Å². The minimum absolute atomic E-state index is 0.0184. The number of hydrogen-bond donors (Lipinski definition) is 2. The predicted octanol–water partition coefficient (Wildman–Crippen LogP) is 1.42. The Kier molecular flexibility index (Phi) is 2.02. The van der Waals surface area contributed by atoms with Crippen LogP contribution in [0.1, 0.15) is 24.4 Å². The molecule has 0 saturated heterocycles. The molecule has 1 aromatic rings. The Bertz CT molecular complexity index is 335. The zero-order valence-electron chi connectivity index (χ0n) is 7.29. The molecule has 1 unspecified atom stereocenters. The van der Waals surface area contributed by atoms with Gasteiger partial charge in [-0.2, -0.15) is 0 Å². The molecular weight excluding hydrogens is 164 g/mol. The molecule has 1 aromatic carbocycles. The van der Waals surface area contributed by atoms with Crippen molar-refractivity contribution < 1.29 is 4.79 Å². The average Bonchev–Trinajstić information content (AvgIpc) is 2.27. The first kappa shape index (κ1) is 8.26. The highest BCUT2D eigenvalue weighted by atomic mass is 16.1. The molecule has 0 aliphatic carbocycles. The van der Waals surface area contributed by atoms with Crippen LogP contribution in [0.2, 0.25) is 0 Å². The Labute approximate surface area is 76.9 Å². The van der Waals surface area contributed by atoms with Crippen molar-refractivity contribution in [1.82, 2.24) is 0 Å². The Hall–Kier alpha value is -1.35. The molecule has 1 amide bonds. The first-order valence-electron chi connectivity index (χ1n) is 4.42. The van der Waals surface area contributed by atoms with E-state index in [4.69, 9.17) is 5.73 Å². The molecular formula is C10H12N2O. The fourth-order valence-corrected chi connectivity index (χ4v) is 1.59. The average molecular weight is 176 g/mol. The zero-order valence-corrected chi connectivity index (χ0v) is 7.29. The molecule has 3 heteroatoms. The van der Waals surface area contributed by atoms with E-state index in [1.165, 1.54) is 0 Å². The van der Waals surface area contributed by atoms with Gasteiger partial charge in [-0.15, -0.1) is 0 Å². The number of benzene rings is 1. The molecule has 2 rings (SSSR count). The molecule has 1 aliphatic rings. The van der Waals surface area contributed by atoms with Crippen LogP contribution in [0.25, 0.3) is 0 Å². The minimum Gasteiger partial charge on any atom is -0.326 e. The van der Waals surface area contributed by atoms with Gasteiger partial charge in [0.1, 0.15) is 0 Å². The van der Waals surface area contributed by atoms with Crippen molar-refractivity contribution >= 4 is 11.6 Å². The van der Waals surface area contributed by atoms with Gasteiger partial charge in [-0.3, -0.25) is 4.79 Å². The molecule has 1 aliphatic heterocycles. The van der Waals surface area contributed by atoms with E-state index in [2.05, 4.69) is 5.32 Å². The van der Waals surface area contributed by atoms with Crippen LogP contribution >= 0.6 is 0 Å². The summed E-state index contributed by atoms with van der Waals surface area (Å²) in [6.45, 7) is 0. The van der Waals surface area contributed by atoms with Crippen molar-refractivity contribution in [3.8, 4) is 0 Å². The van der Waals surface area contributed by atoms with Gasteiger partial charge in [-0.05, 0) is 18.1 Å². The van der Waals surface area contributed by atoms with Crippen LogP contribution in [0.3, 0.4) is 0 Å². The van der Waals surface area contributed by atoms with Crippen LogP contribution in [0.4, 0.5) is 5.69 Å². The molecule has 0 bridgehead atoms. The maximum absolute atomic E-state index is 11.2. The van der Waals surface area contributed by atoms with Gasteiger partial charge in [0.05, 0.1) is 0 Å². The van der Waals surface area contributed by atoms with Crippen molar-refractivity contribution in [2.24, 2.45) is 5.73 Å². The first-order valence-corrected chi connectivity index (χ1v) is 4.42. The molecule has 1 heterocycles. The number of nitrogens with two attached hydrogens (primary N) is 1. The van der Waals surface area contributed by atoms with E-state index in [1.54, 1.807) is 0 Å². The second-order valence-corrected chi connectivity index (χ2v) is 3.28. The Balaban J connectivity index is 2.43. The lowest BCUT2D eigenvalue weighted by Crippen LogP contribution is -2.09. The molecule has 0 saturated carbocycles. The van der Waals surface area contributed by atoms with Crippen molar-refractivity contribution in [3.05, 3.63) is 29.8 Å². The van der Waals surface area contributed by atoms with Gasteiger partial charge >= 0.3 is 0 Å². The van der Waals surface area contributed by atoms with E-state index in [1.807, 2.05) is 24.3 Å². The summed E-state index contributed by atoms with van der Waals surface area (Å²) in [6.07, 6.45) is 1.23. The zero-order chi connectivity index (χ0) is 9.26. The summed E-state index contributed by atoms with van der Waals surface area (Å²) in [7, 11) is 0. The summed E-state index contributed by atoms with van der Waals surface area (Å²) in [4.78, 5) is 11.2. The topological polar surface area (TPSA) is 55.1 Å². The summed E-state index contributed by atoms with van der Waals surface area (Å²) >= 11 is 0. The van der Waals surface area contributed by atoms with Crippen LogP contribution in [-0.2, 0) is 4.79 Å². The summed E-state index contributed by atoms with van der Waals surface area (Å²) in [6, 6.07) is 7.67. The third kappa shape index (κ3) is 1.55. The SMILES string of the molecule is NC1CCC(=O)Nc2ccccc21. The number of amides is 1. The fourth-order valence-electron chi connectivity index (χ4n) is 1.59. The highest BCUT2D eigenvalue weighted by Crippen LogP contribution is 2.27. The minimum atomic E-state index is -0.0184. The number of anilines is 1. The molecule has 0 aromatic heterocycles. The summed E-state index contributed by atoms with van der Waals surface area (Å²) in [5.74, 6) is 0.0559. The highest BCUT2D eigenvalue weighted by molar-refractivity contribution is 5.92. The number of fused-ring (bicyclic) bond motifs is 1. The normalized spacial score (nSPS) is 21.6. The Morgan fingerprint density at radius 3 is 3.00 bits per heavy atom. The predicted molar refractivity (Wildman–Crippen MR) is 51.2 cm³/mol. The van der Waals surface area contributed by atoms with Gasteiger partial charge in [0.25, 0.3) is 0 Å². The standard InChI is InChI=1S/C10H12N2O/c11-8-5-6-10(13)12-9-4-2-1-3-7(8)9/h1-4,8H,5-6,11H2,(H,12,13). The maximum Gasteiger partial charge on any atom is 0.224 e. The van der Waals surface area contributed by atoms with Crippen LogP contribution in [0.5, 0.6) is 0 Å². The van der Waals surface area contributed by atoms with Gasteiger partial charge in [0.2, 0.25) is 5.91 Å². The number of carbonyl (C=O) groups excluding carboxylic acids is 1. The molecule has 1 atom stereocenters. The van der Waals surface area contributed by atoms with Crippen molar-refractivity contribution in [3.63, 3.8) is 0 Å². The van der Waals surface area contributed by atoms with Gasteiger partial charge in [0, 0.05) is 18.2 Å². The maximum atomic E-state index is 11.2. The lowest BCUT2D eigenvalue weighted by atomic mass is 10.0.